The third-order valence-corrected chi connectivity index (χ3v) is 4.44. The average molecular weight is 367 g/mol. The van der Waals surface area contributed by atoms with Gasteiger partial charge in [-0.25, -0.2) is 4.79 Å². The van der Waals surface area contributed by atoms with Crippen molar-refractivity contribution < 1.29 is 23.5 Å². The van der Waals surface area contributed by atoms with E-state index in [1.165, 1.54) is 6.26 Å². The number of ether oxygens (including phenoxy) is 2. The van der Waals surface area contributed by atoms with Crippen LogP contribution in [0.5, 0.6) is 0 Å². The minimum atomic E-state index is -0.526. The predicted molar refractivity (Wildman–Crippen MR) is 95.9 cm³/mol. The number of anilines is 1. The number of carbonyl (C=O) groups excluding carboxylic acids is 2. The first-order valence-electron chi connectivity index (χ1n) is 9.14. The normalized spacial score (nSPS) is 22.9. The van der Waals surface area contributed by atoms with Crippen LogP contribution in [0.1, 0.15) is 50.5 Å². The number of nitrogens with one attached hydrogen (secondary N) is 2. The van der Waals surface area contributed by atoms with E-state index < -0.39 is 5.97 Å². The molecule has 8 heteroatoms. The van der Waals surface area contributed by atoms with E-state index in [1.807, 2.05) is 0 Å². The molecule has 0 unspecified atom stereocenters. The van der Waals surface area contributed by atoms with Crippen LogP contribution >= 0.6 is 0 Å². The van der Waals surface area contributed by atoms with E-state index in [2.05, 4.69) is 29.5 Å². The van der Waals surface area contributed by atoms with Crippen molar-refractivity contribution in [1.29, 1.82) is 0 Å². The molecule has 8 nitrogen and oxygen atoms in total. The van der Waals surface area contributed by atoms with Crippen molar-refractivity contribution in [2.45, 2.75) is 52.2 Å². The number of oxazole rings is 1. The number of hydrogen-bond donors (Lipinski definition) is 2. The van der Waals surface area contributed by atoms with Crippen LogP contribution in [0.4, 0.5) is 6.01 Å². The second-order valence-corrected chi connectivity index (χ2v) is 6.93. The van der Waals surface area contributed by atoms with E-state index in [0.29, 0.717) is 18.9 Å². The van der Waals surface area contributed by atoms with E-state index in [0.717, 1.165) is 12.8 Å². The summed E-state index contributed by atoms with van der Waals surface area (Å²) in [5.74, 6) is -0.129. The molecule has 1 aromatic heterocycles. The standard InChI is InChI=1S/C18H29N3O5/c1-5-25-17(23)14-10-26-18(21-14)20-13-8-12(6-7-15(13)24-4)16(22)19-9-11(2)3/h10-13,15H,5-9H2,1-4H3,(H,19,22)(H,20,21)/t12-,13+,15+/m0/s1. The number of aromatic nitrogens is 1. The van der Waals surface area contributed by atoms with Crippen molar-refractivity contribution in [2.24, 2.45) is 11.8 Å². The van der Waals surface area contributed by atoms with Crippen LogP contribution in [0.25, 0.3) is 0 Å². The highest BCUT2D eigenvalue weighted by Crippen LogP contribution is 2.29. The lowest BCUT2D eigenvalue weighted by atomic mass is 9.83. The quantitative estimate of drug-likeness (QED) is 0.679. The first-order chi connectivity index (χ1) is 12.4. The summed E-state index contributed by atoms with van der Waals surface area (Å²) in [4.78, 5) is 28.2. The van der Waals surface area contributed by atoms with E-state index in [4.69, 9.17) is 13.9 Å². The Morgan fingerprint density at radius 1 is 1.38 bits per heavy atom. The topological polar surface area (TPSA) is 103 Å². The molecule has 1 fully saturated rings. The van der Waals surface area contributed by atoms with Gasteiger partial charge in [-0.05, 0) is 32.1 Å². The van der Waals surface area contributed by atoms with Gasteiger partial charge >= 0.3 is 5.97 Å². The Bertz CT molecular complexity index is 601. The van der Waals surface area contributed by atoms with Crippen molar-refractivity contribution in [3.05, 3.63) is 12.0 Å². The lowest BCUT2D eigenvalue weighted by Crippen LogP contribution is -2.45. The molecule has 0 bridgehead atoms. The number of carbonyl (C=O) groups is 2. The molecule has 0 radical (unpaired) electrons. The van der Waals surface area contributed by atoms with Gasteiger partial charge in [-0.1, -0.05) is 13.8 Å². The predicted octanol–water partition coefficient (Wildman–Crippen LogP) is 2.22. The monoisotopic (exact) mass is 367 g/mol. The van der Waals surface area contributed by atoms with Crippen LogP contribution in [0, 0.1) is 11.8 Å². The van der Waals surface area contributed by atoms with Crippen molar-refractivity contribution in [3.8, 4) is 0 Å². The number of esters is 1. The Balaban J connectivity index is 1.98. The lowest BCUT2D eigenvalue weighted by molar-refractivity contribution is -0.127. The largest absolute Gasteiger partial charge is 0.461 e. The van der Waals surface area contributed by atoms with Gasteiger partial charge in [0, 0.05) is 19.6 Å². The lowest BCUT2D eigenvalue weighted by Gasteiger charge is -2.34. The average Bonchev–Trinajstić information content (AvgIpc) is 3.08. The molecule has 1 heterocycles. The van der Waals surface area contributed by atoms with Crippen LogP contribution in [0.2, 0.25) is 0 Å². The third-order valence-electron chi connectivity index (χ3n) is 4.44. The molecule has 26 heavy (non-hydrogen) atoms. The zero-order chi connectivity index (χ0) is 19.1. The molecule has 2 rings (SSSR count). The maximum Gasteiger partial charge on any atom is 0.360 e. The van der Waals surface area contributed by atoms with Gasteiger partial charge in [0.2, 0.25) is 5.91 Å². The Morgan fingerprint density at radius 3 is 2.81 bits per heavy atom. The summed E-state index contributed by atoms with van der Waals surface area (Å²) in [5.41, 5.74) is 0.116. The summed E-state index contributed by atoms with van der Waals surface area (Å²) in [6.45, 7) is 6.80. The van der Waals surface area contributed by atoms with Gasteiger partial charge in [0.15, 0.2) is 5.69 Å². The smallest absolute Gasteiger partial charge is 0.360 e. The fraction of sp³-hybridized carbons (Fsp3) is 0.722. The summed E-state index contributed by atoms with van der Waals surface area (Å²) < 4.78 is 15.8. The van der Waals surface area contributed by atoms with Crippen LogP contribution < -0.4 is 10.6 Å². The maximum absolute atomic E-state index is 12.4. The summed E-state index contributed by atoms with van der Waals surface area (Å²) in [6.07, 6.45) is 3.36. The molecule has 1 aliphatic rings. The highest BCUT2D eigenvalue weighted by atomic mass is 16.5. The second-order valence-electron chi connectivity index (χ2n) is 6.93. The van der Waals surface area contributed by atoms with Gasteiger partial charge < -0.3 is 24.5 Å². The van der Waals surface area contributed by atoms with Crippen molar-refractivity contribution in [1.82, 2.24) is 10.3 Å². The third kappa shape index (κ3) is 5.45. The van der Waals surface area contributed by atoms with Crippen molar-refractivity contribution in [3.63, 3.8) is 0 Å². The van der Waals surface area contributed by atoms with Gasteiger partial charge in [0.05, 0.1) is 18.8 Å². The first-order valence-corrected chi connectivity index (χ1v) is 9.14. The van der Waals surface area contributed by atoms with Crippen LogP contribution in [-0.4, -0.2) is 49.3 Å². The van der Waals surface area contributed by atoms with E-state index >= 15 is 0 Å². The molecule has 146 valence electrons. The van der Waals surface area contributed by atoms with Crippen LogP contribution in [-0.2, 0) is 14.3 Å². The number of nitrogens with zero attached hydrogens (tertiary/aromatic N) is 1. The number of amides is 1. The zero-order valence-electron chi connectivity index (χ0n) is 15.9. The number of rotatable bonds is 8. The highest BCUT2D eigenvalue weighted by Gasteiger charge is 2.35. The number of methoxy groups -OCH3 is 1. The Morgan fingerprint density at radius 2 is 2.15 bits per heavy atom. The minimum absolute atomic E-state index is 0.0536. The summed E-state index contributed by atoms with van der Waals surface area (Å²) in [6, 6.07) is 0.0978. The van der Waals surface area contributed by atoms with E-state index in [9.17, 15) is 9.59 Å². The number of hydrogen-bond acceptors (Lipinski definition) is 7. The second kappa shape index (κ2) is 9.56. The van der Waals surface area contributed by atoms with Crippen molar-refractivity contribution in [2.75, 3.05) is 25.6 Å². The fourth-order valence-electron chi connectivity index (χ4n) is 3.06. The van der Waals surface area contributed by atoms with Crippen LogP contribution in [0.3, 0.4) is 0 Å². The summed E-state index contributed by atoms with van der Waals surface area (Å²) in [5, 5.41) is 6.15. The fourth-order valence-corrected chi connectivity index (χ4v) is 3.06. The Labute approximate surface area is 154 Å². The molecule has 0 aliphatic heterocycles. The van der Waals surface area contributed by atoms with Gasteiger partial charge in [0.1, 0.15) is 6.26 Å². The minimum Gasteiger partial charge on any atom is -0.461 e. The van der Waals surface area contributed by atoms with Gasteiger partial charge in [-0.15, -0.1) is 0 Å². The Kier molecular flexibility index (Phi) is 7.44. The SMILES string of the molecule is CCOC(=O)c1coc(N[C@@H]2C[C@@H](C(=O)NCC(C)C)CC[C@H]2OC)n1. The molecule has 1 aliphatic carbocycles. The molecule has 3 atom stereocenters. The van der Waals surface area contributed by atoms with Gasteiger partial charge in [-0.3, -0.25) is 4.79 Å². The molecule has 0 aromatic carbocycles. The van der Waals surface area contributed by atoms with Crippen molar-refractivity contribution >= 4 is 17.9 Å². The molecule has 1 saturated carbocycles. The summed E-state index contributed by atoms with van der Waals surface area (Å²) >= 11 is 0. The first kappa shape index (κ1) is 20.2. The molecular weight excluding hydrogens is 338 g/mol. The Hall–Kier alpha value is -2.09. The summed E-state index contributed by atoms with van der Waals surface area (Å²) in [7, 11) is 1.65. The molecule has 0 saturated heterocycles. The van der Waals surface area contributed by atoms with E-state index in [1.54, 1.807) is 14.0 Å². The zero-order valence-corrected chi connectivity index (χ0v) is 15.9. The van der Waals surface area contributed by atoms with Gasteiger partial charge in [-0.2, -0.15) is 4.98 Å². The molecular formula is C18H29N3O5. The highest BCUT2D eigenvalue weighted by molar-refractivity contribution is 5.87. The molecule has 0 spiro atoms. The van der Waals surface area contributed by atoms with Gasteiger partial charge in [0.25, 0.3) is 6.01 Å². The van der Waals surface area contributed by atoms with Crippen LogP contribution in [0.15, 0.2) is 10.7 Å². The maximum atomic E-state index is 12.4. The molecule has 1 amide bonds. The van der Waals surface area contributed by atoms with E-state index in [-0.39, 0.29) is 42.3 Å². The molecule has 2 N–H and O–H groups in total. The molecule has 1 aromatic rings.